The molecule has 3 N–H and O–H groups in total. The van der Waals surface area contributed by atoms with Gasteiger partial charge in [-0.05, 0) is 68.1 Å². The van der Waals surface area contributed by atoms with Crippen LogP contribution in [0.15, 0.2) is 60.8 Å². The number of thiophene rings is 1. The molecule has 10 heteroatoms. The highest BCUT2D eigenvalue weighted by molar-refractivity contribution is 7.21. The minimum atomic E-state index is -0.353. The summed E-state index contributed by atoms with van der Waals surface area (Å²) < 4.78 is 5.96. The van der Waals surface area contributed by atoms with Gasteiger partial charge in [-0.3, -0.25) is 14.5 Å². The van der Waals surface area contributed by atoms with Crippen LogP contribution in [0.3, 0.4) is 0 Å². The van der Waals surface area contributed by atoms with Gasteiger partial charge in [-0.25, -0.2) is 9.78 Å². The van der Waals surface area contributed by atoms with Crippen molar-refractivity contribution in [2.24, 2.45) is 0 Å². The fraction of sp³-hybridized carbons (Fsp3) is 0.241. The summed E-state index contributed by atoms with van der Waals surface area (Å²) in [5.74, 6) is 1.08. The Hall–Kier alpha value is -4.44. The van der Waals surface area contributed by atoms with Crippen molar-refractivity contribution in [3.8, 4) is 11.5 Å². The molecule has 39 heavy (non-hydrogen) atoms. The van der Waals surface area contributed by atoms with Crippen molar-refractivity contribution in [1.29, 1.82) is 0 Å². The molecule has 0 spiro atoms. The molecule has 2 aromatic heterocycles. The SMILES string of the molecule is CC(=O)N[C@@H]1CCC(NC(=O)c2sc3nccc4c3c2NC(=O)N4c2ccc(Oc3ccccc3)cc2C)C1. The molecule has 2 aliphatic rings. The molecule has 6 rings (SSSR count). The van der Waals surface area contributed by atoms with Crippen LogP contribution in [0.4, 0.5) is 21.9 Å². The van der Waals surface area contributed by atoms with E-state index >= 15 is 0 Å². The van der Waals surface area contributed by atoms with Crippen LogP contribution in [0.5, 0.6) is 11.5 Å². The van der Waals surface area contributed by atoms with Crippen LogP contribution >= 0.6 is 11.3 Å². The van der Waals surface area contributed by atoms with Gasteiger partial charge in [0.1, 0.15) is 21.2 Å². The first-order valence-corrected chi connectivity index (χ1v) is 13.6. The lowest BCUT2D eigenvalue weighted by Gasteiger charge is -2.29. The minimum absolute atomic E-state index is 0.0470. The van der Waals surface area contributed by atoms with Gasteiger partial charge in [-0.2, -0.15) is 0 Å². The van der Waals surface area contributed by atoms with Gasteiger partial charge >= 0.3 is 6.03 Å². The third kappa shape index (κ3) is 4.79. The van der Waals surface area contributed by atoms with Crippen LogP contribution in [0.25, 0.3) is 10.2 Å². The third-order valence-electron chi connectivity index (χ3n) is 7.02. The van der Waals surface area contributed by atoms with Gasteiger partial charge in [0, 0.05) is 25.2 Å². The number of urea groups is 1. The van der Waals surface area contributed by atoms with Crippen molar-refractivity contribution < 1.29 is 19.1 Å². The number of carbonyl (C=O) groups excluding carboxylic acids is 3. The van der Waals surface area contributed by atoms with E-state index < -0.39 is 0 Å². The van der Waals surface area contributed by atoms with E-state index in [1.54, 1.807) is 17.2 Å². The van der Waals surface area contributed by atoms with Gasteiger partial charge < -0.3 is 20.7 Å². The van der Waals surface area contributed by atoms with E-state index in [0.717, 1.165) is 29.5 Å². The maximum atomic E-state index is 13.5. The highest BCUT2D eigenvalue weighted by Crippen LogP contribution is 2.46. The molecule has 4 aromatic rings. The average Bonchev–Trinajstić information content (AvgIpc) is 3.50. The lowest BCUT2D eigenvalue weighted by Crippen LogP contribution is -2.37. The molecule has 9 nitrogen and oxygen atoms in total. The summed E-state index contributed by atoms with van der Waals surface area (Å²) in [5.41, 5.74) is 2.71. The number of pyridine rings is 1. The Labute approximate surface area is 229 Å². The maximum absolute atomic E-state index is 13.5. The number of para-hydroxylation sites is 1. The van der Waals surface area contributed by atoms with E-state index in [-0.39, 0.29) is 29.9 Å². The predicted molar refractivity (Wildman–Crippen MR) is 151 cm³/mol. The van der Waals surface area contributed by atoms with Crippen molar-refractivity contribution in [3.05, 3.63) is 71.2 Å². The zero-order chi connectivity index (χ0) is 27.1. The van der Waals surface area contributed by atoms with Gasteiger partial charge in [0.15, 0.2) is 0 Å². The lowest BCUT2D eigenvalue weighted by atomic mass is 10.1. The monoisotopic (exact) mass is 541 g/mol. The number of hydrogen-bond donors (Lipinski definition) is 3. The largest absolute Gasteiger partial charge is 0.457 e. The molecule has 198 valence electrons. The van der Waals surface area contributed by atoms with Crippen LogP contribution in [-0.4, -0.2) is 34.9 Å². The van der Waals surface area contributed by atoms with Crippen LogP contribution in [-0.2, 0) is 4.79 Å². The van der Waals surface area contributed by atoms with E-state index in [1.165, 1.54) is 18.3 Å². The molecule has 2 atom stereocenters. The van der Waals surface area contributed by atoms with E-state index in [1.807, 2.05) is 55.5 Å². The molecule has 0 saturated heterocycles. The van der Waals surface area contributed by atoms with Gasteiger partial charge in [-0.15, -0.1) is 11.3 Å². The summed E-state index contributed by atoms with van der Waals surface area (Å²) >= 11 is 1.26. The maximum Gasteiger partial charge on any atom is 0.331 e. The van der Waals surface area contributed by atoms with Gasteiger partial charge in [0.05, 0.1) is 22.4 Å². The fourth-order valence-electron chi connectivity index (χ4n) is 5.33. The summed E-state index contributed by atoms with van der Waals surface area (Å²) in [4.78, 5) is 45.4. The number of nitrogens with one attached hydrogen (secondary N) is 3. The van der Waals surface area contributed by atoms with Gasteiger partial charge in [0.25, 0.3) is 5.91 Å². The lowest BCUT2D eigenvalue weighted by molar-refractivity contribution is -0.119. The highest BCUT2D eigenvalue weighted by atomic mass is 32.1. The summed E-state index contributed by atoms with van der Waals surface area (Å²) in [6.07, 6.45) is 3.93. The van der Waals surface area contributed by atoms with Crippen molar-refractivity contribution in [2.45, 2.75) is 45.2 Å². The molecular formula is C29H27N5O4S. The predicted octanol–water partition coefficient (Wildman–Crippen LogP) is 5.87. The van der Waals surface area contributed by atoms with Crippen molar-refractivity contribution in [3.63, 3.8) is 0 Å². The van der Waals surface area contributed by atoms with Gasteiger partial charge in [0.2, 0.25) is 5.91 Å². The second-order valence-corrected chi connectivity index (χ2v) is 10.8. The Morgan fingerprint density at radius 1 is 1.03 bits per heavy atom. The Morgan fingerprint density at radius 3 is 2.54 bits per heavy atom. The number of aryl methyl sites for hydroxylation is 1. The van der Waals surface area contributed by atoms with Gasteiger partial charge in [-0.1, -0.05) is 18.2 Å². The molecule has 1 aliphatic carbocycles. The minimum Gasteiger partial charge on any atom is -0.457 e. The summed E-state index contributed by atoms with van der Waals surface area (Å²) in [6.45, 7) is 3.43. The first-order valence-electron chi connectivity index (χ1n) is 12.8. The second kappa shape index (κ2) is 10.0. The Bertz CT molecular complexity index is 1600. The fourth-order valence-corrected chi connectivity index (χ4v) is 6.35. The molecule has 1 fully saturated rings. The zero-order valence-electron chi connectivity index (χ0n) is 21.5. The highest BCUT2D eigenvalue weighted by Gasteiger charge is 2.34. The Balaban J connectivity index is 1.28. The van der Waals surface area contributed by atoms with E-state index in [4.69, 9.17) is 4.74 Å². The van der Waals surface area contributed by atoms with Crippen molar-refractivity contribution >= 4 is 56.5 Å². The van der Waals surface area contributed by atoms with Crippen molar-refractivity contribution in [2.75, 3.05) is 10.2 Å². The number of anilines is 3. The molecule has 1 unspecified atom stereocenters. The number of rotatable bonds is 6. The normalized spacial score (nSPS) is 18.1. The third-order valence-corrected chi connectivity index (χ3v) is 8.11. The number of hydrogen-bond acceptors (Lipinski definition) is 6. The second-order valence-electron chi connectivity index (χ2n) is 9.83. The van der Waals surface area contributed by atoms with Crippen LogP contribution in [0.2, 0.25) is 0 Å². The summed E-state index contributed by atoms with van der Waals surface area (Å²) in [7, 11) is 0. The number of benzene rings is 2. The number of aromatic nitrogens is 1. The summed E-state index contributed by atoms with van der Waals surface area (Å²) in [6, 6.07) is 16.6. The first kappa shape index (κ1) is 24.9. The molecule has 0 radical (unpaired) electrons. The first-order chi connectivity index (χ1) is 18.9. The molecule has 4 amide bonds. The van der Waals surface area contributed by atoms with Crippen LogP contribution in [0, 0.1) is 6.92 Å². The molecule has 1 aliphatic heterocycles. The molecule has 1 saturated carbocycles. The average molecular weight is 542 g/mol. The molecule has 0 bridgehead atoms. The van der Waals surface area contributed by atoms with Crippen LogP contribution < -0.4 is 25.6 Å². The smallest absolute Gasteiger partial charge is 0.331 e. The quantitative estimate of drug-likeness (QED) is 0.283. The number of amides is 4. The Morgan fingerprint density at radius 2 is 1.79 bits per heavy atom. The standard InChI is InChI=1S/C29H27N5O4S/c1-16-14-21(38-20-6-4-3-5-7-20)10-11-22(16)34-23-12-13-30-28-24(23)25(33-29(34)37)26(39-28)27(36)32-19-9-8-18(15-19)31-17(2)35/h3-7,10-14,18-19H,8-9,15H2,1-2H3,(H,31,35)(H,32,36)(H,33,37)/t18-,19?/m1/s1. The van der Waals surface area contributed by atoms with Crippen LogP contribution in [0.1, 0.15) is 41.4 Å². The topological polar surface area (TPSA) is 113 Å². The van der Waals surface area contributed by atoms with E-state index in [2.05, 4.69) is 20.9 Å². The van der Waals surface area contributed by atoms with Crippen molar-refractivity contribution in [1.82, 2.24) is 15.6 Å². The zero-order valence-corrected chi connectivity index (χ0v) is 22.3. The Kier molecular flexibility index (Phi) is 6.40. The summed E-state index contributed by atoms with van der Waals surface area (Å²) in [5, 5.41) is 9.69. The molecule has 3 heterocycles. The molecule has 2 aromatic carbocycles. The van der Waals surface area contributed by atoms with E-state index in [9.17, 15) is 14.4 Å². The molecular weight excluding hydrogens is 514 g/mol. The number of nitrogens with zero attached hydrogens (tertiary/aromatic N) is 2. The number of carbonyl (C=O) groups is 3. The number of ether oxygens (including phenoxy) is 1. The van der Waals surface area contributed by atoms with E-state index in [0.29, 0.717) is 38.9 Å².